The number of nitrogens with zero attached hydrogens (tertiary/aromatic N) is 3. The summed E-state index contributed by atoms with van der Waals surface area (Å²) in [6, 6.07) is 19.9. The number of methoxy groups -OCH3 is 1. The molecule has 0 aliphatic heterocycles. The normalized spacial score (nSPS) is 15.9. The average molecular weight is 771 g/mol. The number of ether oxygens (including phenoxy) is 4. The van der Waals surface area contributed by atoms with Crippen LogP contribution < -0.4 is 21.7 Å². The minimum Gasteiger partial charge on any atom is -0.382 e. The molecule has 1 heterocycles. The number of aromatic amines is 1. The second kappa shape index (κ2) is 22.5. The van der Waals surface area contributed by atoms with Gasteiger partial charge in [-0.05, 0) is 109 Å². The molecule has 1 aliphatic rings. The van der Waals surface area contributed by atoms with Gasteiger partial charge in [-0.15, -0.1) is 10.2 Å². The lowest BCUT2D eigenvalue weighted by Gasteiger charge is -2.28. The summed E-state index contributed by atoms with van der Waals surface area (Å²) in [5.41, 5.74) is 11.6. The smallest absolute Gasteiger partial charge is 0.251 e. The number of rotatable bonds is 22. The zero-order valence-corrected chi connectivity index (χ0v) is 32.3. The number of nitrogens with one attached hydrogen (secondary N) is 4. The van der Waals surface area contributed by atoms with Crippen molar-refractivity contribution in [3.63, 3.8) is 0 Å². The Kier molecular flexibility index (Phi) is 16.9. The monoisotopic (exact) mass is 770 g/mol. The van der Waals surface area contributed by atoms with Crippen molar-refractivity contribution in [3.05, 3.63) is 83.4 Å². The first kappa shape index (κ1) is 42.1. The van der Waals surface area contributed by atoms with E-state index in [1.54, 1.807) is 37.4 Å². The molecule has 1 saturated carbocycles. The molecule has 1 aliphatic carbocycles. The molecule has 0 saturated heterocycles. The average Bonchev–Trinajstić information content (AvgIpc) is 3.77. The van der Waals surface area contributed by atoms with Crippen molar-refractivity contribution in [3.8, 4) is 22.5 Å². The number of carbonyl (C=O) groups excluding carboxylic acids is 3. The van der Waals surface area contributed by atoms with Crippen LogP contribution in [0.15, 0.2) is 66.7 Å². The van der Waals surface area contributed by atoms with E-state index < -0.39 is 6.04 Å². The fourth-order valence-corrected chi connectivity index (χ4v) is 6.58. The number of H-pyrrole nitrogens is 1. The number of benzene rings is 3. The summed E-state index contributed by atoms with van der Waals surface area (Å²) in [7, 11) is 1.63. The third-order valence-electron chi connectivity index (χ3n) is 9.84. The zero-order valence-electron chi connectivity index (χ0n) is 32.3. The fourth-order valence-electron chi connectivity index (χ4n) is 6.58. The van der Waals surface area contributed by atoms with E-state index in [-0.39, 0.29) is 23.6 Å². The Hall–Kier alpha value is -5.06. The summed E-state index contributed by atoms with van der Waals surface area (Å²) in [5.74, 6) is 0.131. The van der Waals surface area contributed by atoms with E-state index in [9.17, 15) is 14.4 Å². The van der Waals surface area contributed by atoms with Gasteiger partial charge in [0.25, 0.3) is 5.91 Å². The molecule has 1 fully saturated rings. The molecule has 0 radical (unpaired) electrons. The Morgan fingerprint density at radius 3 is 2.12 bits per heavy atom. The minimum atomic E-state index is -0.799. The molecule has 1 unspecified atom stereocenters. The number of aromatic nitrogens is 4. The highest BCUT2D eigenvalue weighted by atomic mass is 16.6. The molecular formula is C41H54N8O7. The maximum absolute atomic E-state index is 13.7. The van der Waals surface area contributed by atoms with Crippen LogP contribution in [0.5, 0.6) is 0 Å². The van der Waals surface area contributed by atoms with Gasteiger partial charge in [0, 0.05) is 42.8 Å². The number of nitrogens with two attached hydrogens (primary N) is 1. The summed E-state index contributed by atoms with van der Waals surface area (Å²) in [4.78, 5) is 40.0. The molecule has 4 aromatic rings. The molecule has 0 bridgehead atoms. The Morgan fingerprint density at radius 2 is 1.50 bits per heavy atom. The van der Waals surface area contributed by atoms with Gasteiger partial charge in [-0.2, -0.15) is 5.21 Å². The number of hydrogen-bond donors (Lipinski definition) is 5. The molecule has 15 heteroatoms. The topological polar surface area (TPSA) is 205 Å². The lowest BCUT2D eigenvalue weighted by atomic mass is 9.81. The number of tetrazole rings is 1. The highest BCUT2D eigenvalue weighted by Gasteiger charge is 2.29. The van der Waals surface area contributed by atoms with Gasteiger partial charge in [0.15, 0.2) is 0 Å². The van der Waals surface area contributed by atoms with E-state index in [4.69, 9.17) is 24.7 Å². The quantitative estimate of drug-likeness (QED) is 0.0729. The van der Waals surface area contributed by atoms with Crippen LogP contribution in [-0.2, 0) is 35.0 Å². The highest BCUT2D eigenvalue weighted by molar-refractivity contribution is 5.98. The first-order valence-corrected chi connectivity index (χ1v) is 19.2. The van der Waals surface area contributed by atoms with Crippen molar-refractivity contribution in [2.45, 2.75) is 45.1 Å². The molecule has 3 amide bonds. The van der Waals surface area contributed by atoms with Crippen molar-refractivity contribution in [1.29, 1.82) is 0 Å². The molecule has 3 aromatic carbocycles. The SMILES string of the molecule is COCCOCCOCCOCCNC(=O)c1ccc(-c2ccc(CC(NC(=O)C3CCC(CN)CC3)C(=O)Nc3ccc(-c4nn[nH]n4)cc3)cc2)c(C)c1. The van der Waals surface area contributed by atoms with E-state index in [1.807, 2.05) is 43.3 Å². The molecule has 56 heavy (non-hydrogen) atoms. The molecule has 15 nitrogen and oxygen atoms in total. The van der Waals surface area contributed by atoms with Crippen LogP contribution in [0.2, 0.25) is 0 Å². The maximum Gasteiger partial charge on any atom is 0.251 e. The van der Waals surface area contributed by atoms with Crippen LogP contribution in [0.1, 0.15) is 47.2 Å². The number of anilines is 1. The van der Waals surface area contributed by atoms with Crippen LogP contribution in [0.4, 0.5) is 5.69 Å². The Balaban J connectivity index is 1.14. The molecule has 1 atom stereocenters. The predicted octanol–water partition coefficient (Wildman–Crippen LogP) is 3.70. The highest BCUT2D eigenvalue weighted by Crippen LogP contribution is 2.29. The first-order valence-electron chi connectivity index (χ1n) is 19.2. The molecular weight excluding hydrogens is 716 g/mol. The third kappa shape index (κ3) is 13.0. The second-order valence-electron chi connectivity index (χ2n) is 13.8. The van der Waals surface area contributed by atoms with Crippen molar-refractivity contribution < 1.29 is 33.3 Å². The second-order valence-corrected chi connectivity index (χ2v) is 13.8. The van der Waals surface area contributed by atoms with Gasteiger partial charge >= 0.3 is 0 Å². The number of hydrogen-bond acceptors (Lipinski definition) is 11. The van der Waals surface area contributed by atoms with E-state index >= 15 is 0 Å². The standard InChI is InChI=1S/C41H54N8O7/c1-28-25-34(39(50)43-17-18-54-21-22-56-24-23-55-20-19-53-2)13-16-36(28)31-7-3-29(4-8-31)26-37(45-40(51)33-9-5-30(27-42)6-10-33)41(52)44-35-14-11-32(12-15-35)38-46-48-49-47-38/h3-4,7-8,11-16,25,30,33,37H,5-6,9-10,17-24,26-27,42H2,1-2H3,(H,43,50)(H,44,52)(H,45,51)(H,46,47,48,49). The summed E-state index contributed by atoms with van der Waals surface area (Å²) in [5, 5.41) is 22.9. The van der Waals surface area contributed by atoms with E-state index in [0.717, 1.165) is 53.5 Å². The largest absolute Gasteiger partial charge is 0.382 e. The van der Waals surface area contributed by atoms with Gasteiger partial charge in [-0.25, -0.2) is 0 Å². The third-order valence-corrected chi connectivity index (χ3v) is 9.84. The van der Waals surface area contributed by atoms with Gasteiger partial charge in [-0.3, -0.25) is 14.4 Å². The van der Waals surface area contributed by atoms with Crippen molar-refractivity contribution in [2.24, 2.45) is 17.6 Å². The lowest BCUT2D eigenvalue weighted by molar-refractivity contribution is -0.130. The maximum atomic E-state index is 13.7. The van der Waals surface area contributed by atoms with Gasteiger partial charge in [0.2, 0.25) is 17.6 Å². The molecule has 300 valence electrons. The summed E-state index contributed by atoms with van der Waals surface area (Å²) >= 11 is 0. The van der Waals surface area contributed by atoms with Crippen LogP contribution >= 0.6 is 0 Å². The summed E-state index contributed by atoms with van der Waals surface area (Å²) in [6.45, 7) is 6.32. The van der Waals surface area contributed by atoms with Gasteiger partial charge in [-0.1, -0.05) is 30.3 Å². The van der Waals surface area contributed by atoms with Crippen LogP contribution in [0.3, 0.4) is 0 Å². The Morgan fingerprint density at radius 1 is 0.839 bits per heavy atom. The van der Waals surface area contributed by atoms with Crippen LogP contribution in [0, 0.1) is 18.8 Å². The van der Waals surface area contributed by atoms with Crippen LogP contribution in [-0.4, -0.2) is 111 Å². The van der Waals surface area contributed by atoms with Gasteiger partial charge in [0.1, 0.15) is 6.04 Å². The fraction of sp³-hybridized carbons (Fsp3) is 0.463. The van der Waals surface area contributed by atoms with Crippen molar-refractivity contribution in [1.82, 2.24) is 31.3 Å². The first-order chi connectivity index (χ1) is 27.3. The number of amides is 3. The van der Waals surface area contributed by atoms with Gasteiger partial charge in [0.05, 0.1) is 46.2 Å². The van der Waals surface area contributed by atoms with E-state index in [2.05, 4.69) is 36.6 Å². The Labute approximate surface area is 327 Å². The minimum absolute atomic E-state index is 0.113. The predicted molar refractivity (Wildman–Crippen MR) is 212 cm³/mol. The molecule has 0 spiro atoms. The van der Waals surface area contributed by atoms with Crippen LogP contribution in [0.25, 0.3) is 22.5 Å². The molecule has 1 aromatic heterocycles. The van der Waals surface area contributed by atoms with Crippen molar-refractivity contribution in [2.75, 3.05) is 71.8 Å². The summed E-state index contributed by atoms with van der Waals surface area (Å²) in [6.07, 6.45) is 3.63. The van der Waals surface area contributed by atoms with Crippen molar-refractivity contribution >= 4 is 23.4 Å². The van der Waals surface area contributed by atoms with E-state index in [1.165, 1.54) is 0 Å². The van der Waals surface area contributed by atoms with E-state index in [0.29, 0.717) is 88.8 Å². The van der Waals surface area contributed by atoms with Gasteiger partial charge < -0.3 is 40.6 Å². The molecule has 6 N–H and O–H groups in total. The zero-order chi connectivity index (χ0) is 39.5. The Bertz CT molecular complexity index is 1800. The lowest BCUT2D eigenvalue weighted by Crippen LogP contribution is -2.48. The summed E-state index contributed by atoms with van der Waals surface area (Å²) < 4.78 is 21.3. The number of aryl methyl sites for hydroxylation is 1. The number of carbonyl (C=O) groups is 3. The molecule has 5 rings (SSSR count).